The van der Waals surface area contributed by atoms with E-state index in [-0.39, 0.29) is 5.60 Å². The molecule has 0 bridgehead atoms. The van der Waals surface area contributed by atoms with Gasteiger partial charge in [-0.3, -0.25) is 0 Å². The number of piperidine rings is 1. The van der Waals surface area contributed by atoms with E-state index in [0.717, 1.165) is 48.9 Å². The van der Waals surface area contributed by atoms with Crippen LogP contribution in [0.15, 0.2) is 28.7 Å². The summed E-state index contributed by atoms with van der Waals surface area (Å²) in [5.41, 5.74) is 0.949. The molecule has 1 aromatic rings. The lowest BCUT2D eigenvalue weighted by atomic mass is 9.94. The van der Waals surface area contributed by atoms with Crippen molar-refractivity contribution in [1.29, 1.82) is 0 Å². The van der Waals surface area contributed by atoms with E-state index in [0.29, 0.717) is 0 Å². The second kappa shape index (κ2) is 7.03. The molecule has 3 nitrogen and oxygen atoms in total. The second-order valence-corrected chi connectivity index (χ2v) is 6.81. The van der Waals surface area contributed by atoms with Gasteiger partial charge in [-0.25, -0.2) is 0 Å². The lowest BCUT2D eigenvalue weighted by molar-refractivity contribution is -0.0528. The first-order chi connectivity index (χ1) is 9.52. The van der Waals surface area contributed by atoms with E-state index in [4.69, 9.17) is 4.74 Å². The predicted molar refractivity (Wildman–Crippen MR) is 84.8 cm³/mol. The normalized spacial score (nSPS) is 25.6. The highest BCUT2D eigenvalue weighted by molar-refractivity contribution is 9.10. The van der Waals surface area contributed by atoms with Crippen molar-refractivity contribution in [3.63, 3.8) is 0 Å². The highest BCUT2D eigenvalue weighted by Crippen LogP contribution is 2.26. The molecule has 2 atom stereocenters. The fourth-order valence-electron chi connectivity index (χ4n) is 2.85. The number of halogens is 1. The summed E-state index contributed by atoms with van der Waals surface area (Å²) in [6.45, 7) is 5.13. The van der Waals surface area contributed by atoms with Crippen LogP contribution >= 0.6 is 15.9 Å². The van der Waals surface area contributed by atoms with Crippen molar-refractivity contribution in [1.82, 2.24) is 4.90 Å². The maximum atomic E-state index is 10.3. The Balaban J connectivity index is 1.85. The van der Waals surface area contributed by atoms with Gasteiger partial charge in [-0.15, -0.1) is 0 Å². The van der Waals surface area contributed by atoms with E-state index in [1.54, 1.807) is 7.11 Å². The Kier molecular flexibility index (Phi) is 5.61. The molecule has 0 spiro atoms. The van der Waals surface area contributed by atoms with Crippen LogP contribution in [0.4, 0.5) is 0 Å². The van der Waals surface area contributed by atoms with E-state index < -0.39 is 6.10 Å². The zero-order chi connectivity index (χ0) is 14.6. The van der Waals surface area contributed by atoms with Crippen LogP contribution in [0, 0.1) is 0 Å². The van der Waals surface area contributed by atoms with Crippen LogP contribution < -0.4 is 0 Å². The Hall–Kier alpha value is -0.420. The fraction of sp³-hybridized carbons (Fsp3) is 0.625. The van der Waals surface area contributed by atoms with Gasteiger partial charge in [0.05, 0.1) is 11.7 Å². The highest BCUT2D eigenvalue weighted by Gasteiger charge is 2.30. The SMILES string of the molecule is COC1(C)CCCN(CCC(O)c2cccc(Br)c2)C1. The zero-order valence-corrected chi connectivity index (χ0v) is 13.9. The van der Waals surface area contributed by atoms with Crippen LogP contribution in [-0.4, -0.2) is 42.4 Å². The first-order valence-electron chi connectivity index (χ1n) is 7.23. The molecule has 0 saturated carbocycles. The van der Waals surface area contributed by atoms with Crippen molar-refractivity contribution in [2.45, 2.75) is 37.9 Å². The number of nitrogens with zero attached hydrogens (tertiary/aromatic N) is 1. The van der Waals surface area contributed by atoms with E-state index in [9.17, 15) is 5.11 Å². The summed E-state index contributed by atoms with van der Waals surface area (Å²) in [4.78, 5) is 2.40. The minimum atomic E-state index is -0.400. The van der Waals surface area contributed by atoms with Crippen LogP contribution in [0.5, 0.6) is 0 Å². The molecule has 0 radical (unpaired) electrons. The third-order valence-corrected chi connectivity index (χ3v) is 4.68. The molecule has 0 aliphatic carbocycles. The molecule has 1 N–H and O–H groups in total. The number of benzene rings is 1. The van der Waals surface area contributed by atoms with Crippen LogP contribution in [0.25, 0.3) is 0 Å². The monoisotopic (exact) mass is 341 g/mol. The molecule has 2 unspecified atom stereocenters. The number of hydrogen-bond donors (Lipinski definition) is 1. The van der Waals surface area contributed by atoms with Gasteiger partial charge in [0.2, 0.25) is 0 Å². The van der Waals surface area contributed by atoms with Gasteiger partial charge in [0.15, 0.2) is 0 Å². The lowest BCUT2D eigenvalue weighted by Crippen LogP contribution is -2.47. The molecule has 2 rings (SSSR count). The third kappa shape index (κ3) is 4.29. The molecule has 1 heterocycles. The number of rotatable bonds is 5. The standard InChI is InChI=1S/C16H24BrNO2/c1-16(20-2)8-4-9-18(12-16)10-7-15(19)13-5-3-6-14(17)11-13/h3,5-6,11,15,19H,4,7-10,12H2,1-2H3. The van der Waals surface area contributed by atoms with Gasteiger partial charge in [-0.1, -0.05) is 28.1 Å². The van der Waals surface area contributed by atoms with Crippen LogP contribution in [0.2, 0.25) is 0 Å². The maximum absolute atomic E-state index is 10.3. The number of ether oxygens (including phenoxy) is 1. The molecule has 1 saturated heterocycles. The van der Waals surface area contributed by atoms with E-state index in [1.165, 1.54) is 0 Å². The summed E-state index contributed by atoms with van der Waals surface area (Å²) in [7, 11) is 1.79. The molecule has 1 aliphatic heterocycles. The van der Waals surface area contributed by atoms with Gasteiger partial charge >= 0.3 is 0 Å². The Labute approximate surface area is 130 Å². The van der Waals surface area contributed by atoms with Crippen molar-refractivity contribution >= 4 is 15.9 Å². The average Bonchev–Trinajstić information content (AvgIpc) is 2.45. The molecular weight excluding hydrogens is 318 g/mol. The van der Waals surface area contributed by atoms with Crippen molar-refractivity contribution < 1.29 is 9.84 Å². The summed E-state index contributed by atoms with van der Waals surface area (Å²) in [6.07, 6.45) is 2.64. The molecule has 4 heteroatoms. The minimum Gasteiger partial charge on any atom is -0.388 e. The van der Waals surface area contributed by atoms with Crippen LogP contribution in [0.3, 0.4) is 0 Å². The van der Waals surface area contributed by atoms with Gasteiger partial charge in [0.1, 0.15) is 0 Å². The Morgan fingerprint density at radius 3 is 3.00 bits per heavy atom. The van der Waals surface area contributed by atoms with Gasteiger partial charge < -0.3 is 14.7 Å². The van der Waals surface area contributed by atoms with Crippen molar-refractivity contribution in [2.24, 2.45) is 0 Å². The number of aliphatic hydroxyl groups is 1. The van der Waals surface area contributed by atoms with E-state index in [1.807, 2.05) is 24.3 Å². The van der Waals surface area contributed by atoms with Gasteiger partial charge in [-0.2, -0.15) is 0 Å². The van der Waals surface area contributed by atoms with E-state index in [2.05, 4.69) is 27.8 Å². The quantitative estimate of drug-likeness (QED) is 0.891. The molecule has 112 valence electrons. The number of likely N-dealkylation sites (tertiary alicyclic amines) is 1. The largest absolute Gasteiger partial charge is 0.388 e. The summed E-state index contributed by atoms with van der Waals surface area (Å²) in [5.74, 6) is 0. The lowest BCUT2D eigenvalue weighted by Gasteiger charge is -2.39. The second-order valence-electron chi connectivity index (χ2n) is 5.89. The zero-order valence-electron chi connectivity index (χ0n) is 12.3. The maximum Gasteiger partial charge on any atom is 0.0802 e. The van der Waals surface area contributed by atoms with Gasteiger partial charge in [0, 0.05) is 24.7 Å². The molecule has 1 fully saturated rings. The smallest absolute Gasteiger partial charge is 0.0802 e. The Morgan fingerprint density at radius 2 is 2.30 bits per heavy atom. The first-order valence-corrected chi connectivity index (χ1v) is 8.03. The number of hydrogen-bond acceptors (Lipinski definition) is 3. The van der Waals surface area contributed by atoms with Crippen molar-refractivity contribution in [2.75, 3.05) is 26.7 Å². The average molecular weight is 342 g/mol. The van der Waals surface area contributed by atoms with Crippen molar-refractivity contribution in [3.8, 4) is 0 Å². The summed E-state index contributed by atoms with van der Waals surface area (Å²) >= 11 is 3.44. The van der Waals surface area contributed by atoms with Crippen molar-refractivity contribution in [3.05, 3.63) is 34.3 Å². The Morgan fingerprint density at radius 1 is 1.50 bits per heavy atom. The van der Waals surface area contributed by atoms with E-state index >= 15 is 0 Å². The van der Waals surface area contributed by atoms with Gasteiger partial charge in [-0.05, 0) is 50.4 Å². The molecule has 0 amide bonds. The number of aliphatic hydroxyl groups excluding tert-OH is 1. The molecular formula is C16H24BrNO2. The predicted octanol–water partition coefficient (Wildman–Crippen LogP) is 3.37. The highest BCUT2D eigenvalue weighted by atomic mass is 79.9. The minimum absolute atomic E-state index is 0.0288. The first kappa shape index (κ1) is 16.0. The van der Waals surface area contributed by atoms with Gasteiger partial charge in [0.25, 0.3) is 0 Å². The number of methoxy groups -OCH3 is 1. The Bertz CT molecular complexity index is 440. The van der Waals surface area contributed by atoms with Crippen LogP contribution in [-0.2, 0) is 4.74 Å². The molecule has 1 aromatic carbocycles. The molecule has 0 aromatic heterocycles. The molecule has 20 heavy (non-hydrogen) atoms. The van der Waals surface area contributed by atoms with Crippen LogP contribution in [0.1, 0.15) is 37.9 Å². The third-order valence-electron chi connectivity index (χ3n) is 4.18. The summed E-state index contributed by atoms with van der Waals surface area (Å²) in [6, 6.07) is 7.90. The molecule has 1 aliphatic rings. The summed E-state index contributed by atoms with van der Waals surface area (Å²) < 4.78 is 6.62. The summed E-state index contributed by atoms with van der Waals surface area (Å²) in [5, 5.41) is 10.3. The topological polar surface area (TPSA) is 32.7 Å². The fourth-order valence-corrected chi connectivity index (χ4v) is 3.27.